The Morgan fingerprint density at radius 2 is 1.08 bits per heavy atom. The van der Waals surface area contributed by atoms with E-state index in [0.717, 1.165) is 127 Å². The third kappa shape index (κ3) is 4.92. The maximum absolute atomic E-state index is 9.72. The topological polar surface area (TPSA) is 64.3 Å². The van der Waals surface area contributed by atoms with Gasteiger partial charge in [-0.25, -0.2) is 4.85 Å². The minimum atomic E-state index is 0.537. The highest BCUT2D eigenvalue weighted by molar-refractivity contribution is 6.25. The number of furan rings is 2. The third-order valence-corrected chi connectivity index (χ3v) is 12.9. The summed E-state index contributed by atoms with van der Waals surface area (Å²) < 4.78 is 17.9. The average Bonchev–Trinajstić information content (AvgIpc) is 4.09. The van der Waals surface area contributed by atoms with Crippen molar-refractivity contribution >= 4 is 93.2 Å². The van der Waals surface area contributed by atoms with E-state index in [1.807, 2.05) is 55.5 Å². The van der Waals surface area contributed by atoms with E-state index in [9.17, 15) is 5.26 Å². The van der Waals surface area contributed by atoms with Gasteiger partial charge in [-0.3, -0.25) is 0 Å². The van der Waals surface area contributed by atoms with Crippen LogP contribution in [0.2, 0.25) is 0 Å². The molecular formula is C57H32N4O2. The summed E-state index contributed by atoms with van der Waals surface area (Å²) >= 11 is 0. The minimum absolute atomic E-state index is 0.537. The molecule has 13 aromatic rings. The molecule has 292 valence electrons. The molecule has 0 aliphatic rings. The first-order chi connectivity index (χ1) is 31.1. The standard InChI is InChI=1S/C57H32N4O2/c1-33-29-34(32-58)19-22-37(33)35-20-26-49(61-48-16-8-4-14-43(48)55-51(61)28-24-41-39-12-6-10-18-53(39)63-57(41)55)45(30-35)44-31-36(21-25-46(44)59-2)60-47-15-7-3-13-42(47)54-50(60)27-23-40-38-11-5-9-17-52(38)62-56(40)54/h3-31H,1H3. The number of hydrogen-bond acceptors (Lipinski definition) is 3. The smallest absolute Gasteiger partial charge is 0.195 e. The van der Waals surface area contributed by atoms with Gasteiger partial charge in [0, 0.05) is 38.0 Å². The Bertz CT molecular complexity index is 4200. The van der Waals surface area contributed by atoms with Crippen molar-refractivity contribution in [3.8, 4) is 39.7 Å². The Morgan fingerprint density at radius 1 is 0.492 bits per heavy atom. The molecule has 0 N–H and O–H groups in total. The fourth-order valence-corrected chi connectivity index (χ4v) is 10.2. The number of hydrogen-bond donors (Lipinski definition) is 0. The third-order valence-electron chi connectivity index (χ3n) is 12.9. The molecule has 63 heavy (non-hydrogen) atoms. The highest BCUT2D eigenvalue weighted by Crippen LogP contribution is 2.46. The lowest BCUT2D eigenvalue weighted by Crippen LogP contribution is -2.00. The van der Waals surface area contributed by atoms with Crippen molar-refractivity contribution in [3.05, 3.63) is 198 Å². The summed E-state index contributed by atoms with van der Waals surface area (Å²) in [6, 6.07) is 62.9. The van der Waals surface area contributed by atoms with Crippen molar-refractivity contribution in [2.45, 2.75) is 6.92 Å². The molecule has 0 fully saturated rings. The number of aryl methyl sites for hydroxylation is 1. The van der Waals surface area contributed by atoms with Gasteiger partial charge in [-0.15, -0.1) is 0 Å². The second-order valence-electron chi connectivity index (χ2n) is 16.3. The molecule has 0 amide bonds. The molecule has 0 spiro atoms. The molecule has 0 aliphatic heterocycles. The lowest BCUT2D eigenvalue weighted by atomic mass is 9.93. The van der Waals surface area contributed by atoms with Gasteiger partial charge in [-0.05, 0) is 120 Å². The number of para-hydroxylation sites is 4. The Morgan fingerprint density at radius 3 is 1.70 bits per heavy atom. The molecule has 0 radical (unpaired) electrons. The molecule has 0 saturated carbocycles. The molecule has 0 bridgehead atoms. The molecule has 6 nitrogen and oxygen atoms in total. The summed E-state index contributed by atoms with van der Waals surface area (Å²) in [5.74, 6) is 0. The number of nitrogens with zero attached hydrogens (tertiary/aromatic N) is 4. The number of nitriles is 1. The van der Waals surface area contributed by atoms with E-state index in [-0.39, 0.29) is 0 Å². The number of fused-ring (bicyclic) bond motifs is 14. The lowest BCUT2D eigenvalue weighted by molar-refractivity contribution is 0.672. The van der Waals surface area contributed by atoms with Crippen LogP contribution in [-0.2, 0) is 0 Å². The fourth-order valence-electron chi connectivity index (χ4n) is 10.2. The summed E-state index contributed by atoms with van der Waals surface area (Å²) in [4.78, 5) is 4.18. The van der Waals surface area contributed by atoms with Crippen molar-refractivity contribution in [2.75, 3.05) is 0 Å². The van der Waals surface area contributed by atoms with Gasteiger partial charge >= 0.3 is 0 Å². The normalized spacial score (nSPS) is 11.9. The number of benzene rings is 9. The van der Waals surface area contributed by atoms with Crippen molar-refractivity contribution in [1.82, 2.24) is 9.13 Å². The van der Waals surface area contributed by atoms with E-state index in [4.69, 9.17) is 15.4 Å². The predicted octanol–water partition coefficient (Wildman–Crippen LogP) is 15.7. The van der Waals surface area contributed by atoms with Crippen LogP contribution < -0.4 is 0 Å². The summed E-state index contributed by atoms with van der Waals surface area (Å²) in [7, 11) is 0. The Hall–Kier alpha value is -8.84. The SMILES string of the molecule is [C-]#[N+]c1ccc(-n2c3ccccc3c3c4oc5ccccc5c4ccc32)cc1-c1cc(-c2ccc(C#N)cc2C)ccc1-n1c2ccccc2c2c3oc4ccccc4c3ccc21. The van der Waals surface area contributed by atoms with Gasteiger partial charge in [-0.2, -0.15) is 5.26 Å². The summed E-state index contributed by atoms with van der Waals surface area (Å²) in [5.41, 5.74) is 15.2. The van der Waals surface area contributed by atoms with E-state index in [1.165, 1.54) is 0 Å². The summed E-state index contributed by atoms with van der Waals surface area (Å²) in [5, 5.41) is 18.3. The Labute approximate surface area is 360 Å². The highest BCUT2D eigenvalue weighted by Gasteiger charge is 2.24. The zero-order valence-corrected chi connectivity index (χ0v) is 33.8. The predicted molar refractivity (Wildman–Crippen MR) is 256 cm³/mol. The van der Waals surface area contributed by atoms with E-state index >= 15 is 0 Å². The zero-order chi connectivity index (χ0) is 41.9. The van der Waals surface area contributed by atoms with Crippen LogP contribution in [0.15, 0.2) is 185 Å². The molecule has 4 heterocycles. The van der Waals surface area contributed by atoms with Gasteiger partial charge in [0.15, 0.2) is 5.69 Å². The van der Waals surface area contributed by atoms with Crippen molar-refractivity contribution in [1.29, 1.82) is 5.26 Å². The number of aromatic nitrogens is 2. The zero-order valence-electron chi connectivity index (χ0n) is 33.8. The van der Waals surface area contributed by atoms with E-state index in [1.54, 1.807) is 0 Å². The number of rotatable bonds is 4. The average molecular weight is 805 g/mol. The van der Waals surface area contributed by atoms with Crippen LogP contribution in [0, 0.1) is 24.8 Å². The molecule has 13 rings (SSSR count). The molecule has 0 unspecified atom stereocenters. The van der Waals surface area contributed by atoms with Gasteiger partial charge < -0.3 is 18.0 Å². The molecule has 0 atom stereocenters. The fraction of sp³-hybridized carbons (Fsp3) is 0.0175. The van der Waals surface area contributed by atoms with E-state index < -0.39 is 0 Å². The van der Waals surface area contributed by atoms with Crippen LogP contribution in [0.5, 0.6) is 0 Å². The molecule has 6 heteroatoms. The van der Waals surface area contributed by atoms with Crippen LogP contribution in [0.1, 0.15) is 11.1 Å². The molecule has 9 aromatic carbocycles. The molecule has 0 aliphatic carbocycles. The maximum Gasteiger partial charge on any atom is 0.195 e. The maximum atomic E-state index is 9.72. The van der Waals surface area contributed by atoms with Crippen LogP contribution in [0.25, 0.3) is 126 Å². The van der Waals surface area contributed by atoms with Crippen molar-refractivity contribution in [2.24, 2.45) is 0 Å². The van der Waals surface area contributed by atoms with Crippen LogP contribution in [-0.4, -0.2) is 9.13 Å². The summed E-state index contributed by atoms with van der Waals surface area (Å²) in [6.07, 6.45) is 0. The Balaban J connectivity index is 1.12. The second kappa shape index (κ2) is 13.1. The highest BCUT2D eigenvalue weighted by atomic mass is 16.3. The van der Waals surface area contributed by atoms with Crippen LogP contribution >= 0.6 is 0 Å². The van der Waals surface area contributed by atoms with E-state index in [0.29, 0.717) is 11.3 Å². The van der Waals surface area contributed by atoms with Crippen molar-refractivity contribution < 1.29 is 8.83 Å². The quantitative estimate of drug-likeness (QED) is 0.166. The largest absolute Gasteiger partial charge is 0.455 e. The van der Waals surface area contributed by atoms with Crippen LogP contribution in [0.3, 0.4) is 0 Å². The van der Waals surface area contributed by atoms with Crippen LogP contribution in [0.4, 0.5) is 5.69 Å². The van der Waals surface area contributed by atoms with Crippen molar-refractivity contribution in [3.63, 3.8) is 0 Å². The van der Waals surface area contributed by atoms with Gasteiger partial charge in [0.1, 0.15) is 22.3 Å². The molecule has 0 saturated heterocycles. The minimum Gasteiger partial charge on any atom is -0.455 e. The monoisotopic (exact) mass is 804 g/mol. The van der Waals surface area contributed by atoms with Gasteiger partial charge in [0.2, 0.25) is 0 Å². The second-order valence-corrected chi connectivity index (χ2v) is 16.3. The van der Waals surface area contributed by atoms with Gasteiger partial charge in [-0.1, -0.05) is 91.0 Å². The van der Waals surface area contributed by atoms with E-state index in [2.05, 4.69) is 147 Å². The first-order valence-corrected chi connectivity index (χ1v) is 20.9. The van der Waals surface area contributed by atoms with Gasteiger partial charge in [0.25, 0.3) is 0 Å². The van der Waals surface area contributed by atoms with Gasteiger partial charge in [0.05, 0.1) is 56.7 Å². The first-order valence-electron chi connectivity index (χ1n) is 20.9. The first kappa shape index (κ1) is 35.0. The molecular weight excluding hydrogens is 773 g/mol. The summed E-state index contributed by atoms with van der Waals surface area (Å²) in [6.45, 7) is 10.6. The lowest BCUT2D eigenvalue weighted by Gasteiger charge is -2.19. The Kier molecular flexibility index (Phi) is 7.26. The molecule has 4 aromatic heterocycles.